The monoisotopic (exact) mass is 225 g/mol. The summed E-state index contributed by atoms with van der Waals surface area (Å²) in [5, 5.41) is 4.34. The highest BCUT2D eigenvalue weighted by atomic mass is 32.2. The number of aromatic nitrogens is 2. The van der Waals surface area contributed by atoms with Crippen molar-refractivity contribution in [3.8, 4) is 0 Å². The Morgan fingerprint density at radius 2 is 2.07 bits per heavy atom. The van der Waals surface area contributed by atoms with E-state index in [0.29, 0.717) is 11.8 Å². The first-order chi connectivity index (χ1) is 7.13. The van der Waals surface area contributed by atoms with E-state index in [4.69, 9.17) is 0 Å². The summed E-state index contributed by atoms with van der Waals surface area (Å²) >= 11 is 1.63. The molecule has 1 heterocycles. The molecule has 1 aromatic rings. The van der Waals surface area contributed by atoms with Crippen LogP contribution in [0.2, 0.25) is 0 Å². The lowest BCUT2D eigenvalue weighted by Crippen LogP contribution is -2.16. The first kappa shape index (κ1) is 12.3. The Morgan fingerprint density at radius 1 is 1.33 bits per heavy atom. The van der Waals surface area contributed by atoms with Crippen LogP contribution in [0.15, 0.2) is 17.4 Å². The van der Waals surface area contributed by atoms with E-state index >= 15 is 0 Å². The van der Waals surface area contributed by atoms with Crippen LogP contribution in [0.5, 0.6) is 0 Å². The third-order valence-corrected chi connectivity index (χ3v) is 3.24. The van der Waals surface area contributed by atoms with Gasteiger partial charge in [0.05, 0.1) is 0 Å². The fraction of sp³-hybridized carbons (Fsp3) is 0.636. The van der Waals surface area contributed by atoms with Crippen LogP contribution in [0.25, 0.3) is 0 Å². The number of rotatable bonds is 5. The molecule has 0 amide bonds. The molecule has 1 aromatic heterocycles. The first-order valence-electron chi connectivity index (χ1n) is 5.23. The summed E-state index contributed by atoms with van der Waals surface area (Å²) in [6, 6.07) is 1.98. The maximum absolute atomic E-state index is 4.18. The van der Waals surface area contributed by atoms with Gasteiger partial charge < -0.3 is 5.32 Å². The zero-order valence-electron chi connectivity index (χ0n) is 9.82. The molecule has 0 radical (unpaired) electrons. The lowest BCUT2D eigenvalue weighted by molar-refractivity contribution is 0.439. The van der Waals surface area contributed by atoms with Gasteiger partial charge in [-0.05, 0) is 18.1 Å². The molecule has 0 saturated heterocycles. The molecule has 4 heteroatoms. The van der Waals surface area contributed by atoms with E-state index in [2.05, 4.69) is 36.1 Å². The minimum Gasteiger partial charge on any atom is -0.370 e. The third kappa shape index (κ3) is 4.08. The number of hydrogen-bond acceptors (Lipinski definition) is 4. The van der Waals surface area contributed by atoms with Crippen LogP contribution in [0.4, 0.5) is 5.82 Å². The van der Waals surface area contributed by atoms with Gasteiger partial charge in [0.1, 0.15) is 17.2 Å². The average molecular weight is 225 g/mol. The van der Waals surface area contributed by atoms with Gasteiger partial charge >= 0.3 is 0 Å². The summed E-state index contributed by atoms with van der Waals surface area (Å²) in [6.07, 6.45) is 3.62. The second-order valence-corrected chi connectivity index (χ2v) is 4.87. The maximum atomic E-state index is 4.18. The molecule has 0 bridgehead atoms. The summed E-state index contributed by atoms with van der Waals surface area (Å²) in [5.41, 5.74) is 0. The van der Waals surface area contributed by atoms with Crippen molar-refractivity contribution < 1.29 is 0 Å². The van der Waals surface area contributed by atoms with E-state index < -0.39 is 0 Å². The smallest absolute Gasteiger partial charge is 0.130 e. The van der Waals surface area contributed by atoms with Crippen molar-refractivity contribution in [3.63, 3.8) is 0 Å². The second kappa shape index (κ2) is 5.95. The van der Waals surface area contributed by atoms with Crippen LogP contribution in [0.3, 0.4) is 0 Å². The molecule has 0 fully saturated rings. The topological polar surface area (TPSA) is 37.8 Å². The summed E-state index contributed by atoms with van der Waals surface area (Å²) in [6.45, 7) is 7.68. The Kier molecular flexibility index (Phi) is 4.88. The van der Waals surface area contributed by atoms with E-state index in [1.165, 1.54) is 0 Å². The third-order valence-electron chi connectivity index (χ3n) is 2.59. The zero-order chi connectivity index (χ0) is 11.3. The predicted molar refractivity (Wildman–Crippen MR) is 66.3 cm³/mol. The van der Waals surface area contributed by atoms with Gasteiger partial charge in [0.2, 0.25) is 0 Å². The van der Waals surface area contributed by atoms with Gasteiger partial charge in [0, 0.05) is 12.6 Å². The predicted octanol–water partition coefficient (Wildman–Crippen LogP) is 2.90. The number of nitrogens with zero attached hydrogens (tertiary/aromatic N) is 2. The number of thioether (sulfide) groups is 1. The molecule has 1 rings (SSSR count). The summed E-state index contributed by atoms with van der Waals surface area (Å²) < 4.78 is 0. The zero-order valence-corrected chi connectivity index (χ0v) is 10.6. The molecule has 0 spiro atoms. The molecule has 0 aliphatic heterocycles. The largest absolute Gasteiger partial charge is 0.370 e. The highest BCUT2D eigenvalue weighted by molar-refractivity contribution is 7.98. The molecule has 0 aliphatic carbocycles. The summed E-state index contributed by atoms with van der Waals surface area (Å²) in [4.78, 5) is 8.32. The normalized spacial score (nSPS) is 12.9. The van der Waals surface area contributed by atoms with Crippen LogP contribution < -0.4 is 5.32 Å². The SMILES string of the molecule is CSc1cc(NCC(C)C(C)C)ncn1. The summed E-state index contributed by atoms with van der Waals surface area (Å²) in [7, 11) is 0. The lowest BCUT2D eigenvalue weighted by atomic mass is 9.98. The first-order valence-corrected chi connectivity index (χ1v) is 6.46. The van der Waals surface area contributed by atoms with Crippen LogP contribution in [0, 0.1) is 11.8 Å². The highest BCUT2D eigenvalue weighted by Gasteiger charge is 2.06. The number of hydrogen-bond donors (Lipinski definition) is 1. The highest BCUT2D eigenvalue weighted by Crippen LogP contribution is 2.15. The minimum absolute atomic E-state index is 0.651. The van der Waals surface area contributed by atoms with Crippen LogP contribution in [-0.4, -0.2) is 22.8 Å². The van der Waals surface area contributed by atoms with Gasteiger partial charge in [-0.1, -0.05) is 20.8 Å². The molecule has 15 heavy (non-hydrogen) atoms. The van der Waals surface area contributed by atoms with E-state index in [0.717, 1.165) is 17.4 Å². The lowest BCUT2D eigenvalue weighted by Gasteiger charge is -2.16. The van der Waals surface area contributed by atoms with Gasteiger partial charge in [-0.15, -0.1) is 11.8 Å². The van der Waals surface area contributed by atoms with Gasteiger partial charge in [0.15, 0.2) is 0 Å². The molecule has 0 aromatic carbocycles. The Labute approximate surface area is 96.1 Å². The van der Waals surface area contributed by atoms with Crippen molar-refractivity contribution in [1.29, 1.82) is 0 Å². The molecule has 0 aliphatic rings. The van der Waals surface area contributed by atoms with Crippen molar-refractivity contribution in [1.82, 2.24) is 9.97 Å². The van der Waals surface area contributed by atoms with E-state index in [1.807, 2.05) is 12.3 Å². The molecular formula is C11H19N3S. The maximum Gasteiger partial charge on any atom is 0.130 e. The molecular weight excluding hydrogens is 206 g/mol. The molecule has 1 N–H and O–H groups in total. The van der Waals surface area contributed by atoms with Crippen molar-refractivity contribution in [3.05, 3.63) is 12.4 Å². The standard InChI is InChI=1S/C11H19N3S/c1-8(2)9(3)6-12-10-5-11(15-4)14-7-13-10/h5,7-9H,6H2,1-4H3,(H,12,13,14). The Morgan fingerprint density at radius 3 is 2.67 bits per heavy atom. The van der Waals surface area contributed by atoms with Crippen LogP contribution in [0.1, 0.15) is 20.8 Å². The van der Waals surface area contributed by atoms with Gasteiger partial charge in [-0.25, -0.2) is 9.97 Å². The van der Waals surface area contributed by atoms with E-state index in [9.17, 15) is 0 Å². The molecule has 1 unspecified atom stereocenters. The van der Waals surface area contributed by atoms with Crippen molar-refractivity contribution >= 4 is 17.6 Å². The minimum atomic E-state index is 0.651. The number of nitrogens with one attached hydrogen (secondary N) is 1. The van der Waals surface area contributed by atoms with Crippen molar-refractivity contribution in [2.75, 3.05) is 18.1 Å². The van der Waals surface area contributed by atoms with Crippen molar-refractivity contribution in [2.45, 2.75) is 25.8 Å². The molecule has 1 atom stereocenters. The van der Waals surface area contributed by atoms with E-state index in [1.54, 1.807) is 18.1 Å². The van der Waals surface area contributed by atoms with Gasteiger partial charge in [-0.3, -0.25) is 0 Å². The quantitative estimate of drug-likeness (QED) is 0.617. The van der Waals surface area contributed by atoms with Crippen LogP contribution in [-0.2, 0) is 0 Å². The van der Waals surface area contributed by atoms with Crippen LogP contribution >= 0.6 is 11.8 Å². The van der Waals surface area contributed by atoms with Crippen molar-refractivity contribution in [2.24, 2.45) is 11.8 Å². The fourth-order valence-electron chi connectivity index (χ4n) is 1.05. The average Bonchev–Trinajstić information content (AvgIpc) is 2.26. The van der Waals surface area contributed by atoms with Gasteiger partial charge in [0.25, 0.3) is 0 Å². The molecule has 0 saturated carbocycles. The number of anilines is 1. The Bertz CT molecular complexity index is 302. The molecule has 3 nitrogen and oxygen atoms in total. The van der Waals surface area contributed by atoms with Gasteiger partial charge in [-0.2, -0.15) is 0 Å². The van der Waals surface area contributed by atoms with E-state index in [-0.39, 0.29) is 0 Å². The fourth-order valence-corrected chi connectivity index (χ4v) is 1.43. The summed E-state index contributed by atoms with van der Waals surface area (Å²) in [5.74, 6) is 2.26. The Hall–Kier alpha value is -0.770. The Balaban J connectivity index is 2.50. The molecule has 84 valence electrons. The second-order valence-electron chi connectivity index (χ2n) is 4.05.